The smallest absolute Gasteiger partial charge is 0.267 e. The molecule has 5 heteroatoms. The van der Waals surface area contributed by atoms with E-state index in [1.807, 2.05) is 0 Å². The first-order valence-corrected chi connectivity index (χ1v) is 3.44. The molecule has 2 aromatic rings. The molecule has 0 fully saturated rings. The lowest BCUT2D eigenvalue weighted by Crippen LogP contribution is -2.14. The molecule has 0 bridgehead atoms. The van der Waals surface area contributed by atoms with Gasteiger partial charge in [0.05, 0.1) is 11.8 Å². The van der Waals surface area contributed by atoms with Gasteiger partial charge in [-0.1, -0.05) is 0 Å². The lowest BCUT2D eigenvalue weighted by molar-refractivity contribution is 0.847. The van der Waals surface area contributed by atoms with Gasteiger partial charge in [-0.2, -0.15) is 10.1 Å². The van der Waals surface area contributed by atoms with Crippen molar-refractivity contribution in [2.75, 3.05) is 0 Å². The van der Waals surface area contributed by atoms with Crippen LogP contribution in [0.25, 0.3) is 5.65 Å². The highest BCUT2D eigenvalue weighted by Crippen LogP contribution is 1.95. The summed E-state index contributed by atoms with van der Waals surface area (Å²) in [6.45, 7) is 1.68. The highest BCUT2D eigenvalue weighted by atomic mass is 16.1. The van der Waals surface area contributed by atoms with Crippen molar-refractivity contribution in [1.82, 2.24) is 19.6 Å². The third-order valence-electron chi connectivity index (χ3n) is 1.61. The largest absolute Gasteiger partial charge is 0.277 e. The third-order valence-corrected chi connectivity index (χ3v) is 1.61. The molecule has 0 saturated heterocycles. The minimum Gasteiger partial charge on any atom is -0.267 e. The molecule has 0 aliphatic rings. The van der Waals surface area contributed by atoms with E-state index in [1.165, 1.54) is 10.8 Å². The van der Waals surface area contributed by atoms with Crippen molar-refractivity contribution in [2.45, 2.75) is 6.92 Å². The van der Waals surface area contributed by atoms with Crippen molar-refractivity contribution in [2.24, 2.45) is 0 Å². The molecule has 5 nitrogen and oxygen atoms in total. The van der Waals surface area contributed by atoms with E-state index in [0.29, 0.717) is 11.2 Å². The summed E-state index contributed by atoms with van der Waals surface area (Å²) in [5, 5.41) is 3.94. The molecule has 2 heterocycles. The van der Waals surface area contributed by atoms with Gasteiger partial charge in [-0.15, -0.1) is 0 Å². The fourth-order valence-electron chi connectivity index (χ4n) is 0.972. The molecule has 0 aliphatic carbocycles. The standard InChI is InChI=1S/C7H6N4O/c1-5-6-8-2-3-10-11(6)4-9-7(5)12/h2-4H,1H3. The Labute approximate surface area is 67.7 Å². The van der Waals surface area contributed by atoms with E-state index in [-0.39, 0.29) is 5.56 Å². The molecule has 60 valence electrons. The molecule has 0 spiro atoms. The zero-order chi connectivity index (χ0) is 8.55. The molecular weight excluding hydrogens is 156 g/mol. The maximum atomic E-state index is 11.0. The number of nitrogens with zero attached hydrogens (tertiary/aromatic N) is 4. The summed E-state index contributed by atoms with van der Waals surface area (Å²) < 4.78 is 1.47. The van der Waals surface area contributed by atoms with Crippen molar-refractivity contribution in [1.29, 1.82) is 0 Å². The normalized spacial score (nSPS) is 10.4. The van der Waals surface area contributed by atoms with Crippen LogP contribution < -0.4 is 5.56 Å². The average molecular weight is 162 g/mol. The molecule has 0 saturated carbocycles. The predicted octanol–water partition coefficient (Wildman–Crippen LogP) is -0.207. The van der Waals surface area contributed by atoms with E-state index in [9.17, 15) is 4.79 Å². The second-order valence-corrected chi connectivity index (χ2v) is 2.39. The van der Waals surface area contributed by atoms with E-state index in [1.54, 1.807) is 19.3 Å². The summed E-state index contributed by atoms with van der Waals surface area (Å²) in [5.41, 5.74) is 0.818. The van der Waals surface area contributed by atoms with E-state index >= 15 is 0 Å². The Hall–Kier alpha value is -1.78. The lowest BCUT2D eigenvalue weighted by Gasteiger charge is -1.97. The first-order valence-electron chi connectivity index (χ1n) is 3.44. The molecule has 2 aromatic heterocycles. The van der Waals surface area contributed by atoms with Gasteiger partial charge in [-0.3, -0.25) is 4.79 Å². The van der Waals surface area contributed by atoms with Gasteiger partial charge in [0, 0.05) is 6.20 Å². The number of aromatic nitrogens is 4. The maximum absolute atomic E-state index is 11.0. The van der Waals surface area contributed by atoms with Gasteiger partial charge >= 0.3 is 0 Å². The highest BCUT2D eigenvalue weighted by Gasteiger charge is 2.00. The quantitative estimate of drug-likeness (QED) is 0.538. The first kappa shape index (κ1) is 6.90. The first-order chi connectivity index (χ1) is 5.79. The Morgan fingerprint density at radius 3 is 3.00 bits per heavy atom. The zero-order valence-electron chi connectivity index (χ0n) is 6.43. The number of hydrogen-bond donors (Lipinski definition) is 0. The second-order valence-electron chi connectivity index (χ2n) is 2.39. The van der Waals surface area contributed by atoms with Gasteiger partial charge < -0.3 is 0 Å². The maximum Gasteiger partial charge on any atom is 0.277 e. The Kier molecular flexibility index (Phi) is 1.36. The summed E-state index contributed by atoms with van der Waals surface area (Å²) in [7, 11) is 0. The molecule has 0 unspecified atom stereocenters. The minimum absolute atomic E-state index is 0.254. The Balaban J connectivity index is 3.01. The minimum atomic E-state index is -0.254. The monoisotopic (exact) mass is 162 g/mol. The summed E-state index contributed by atoms with van der Waals surface area (Å²) in [4.78, 5) is 18.7. The van der Waals surface area contributed by atoms with Crippen molar-refractivity contribution in [3.63, 3.8) is 0 Å². The van der Waals surface area contributed by atoms with Crippen LogP contribution in [0.3, 0.4) is 0 Å². The summed E-state index contributed by atoms with van der Waals surface area (Å²) in [6.07, 6.45) is 4.44. The van der Waals surface area contributed by atoms with E-state index in [2.05, 4.69) is 15.1 Å². The van der Waals surface area contributed by atoms with Gasteiger partial charge in [0.25, 0.3) is 5.56 Å². The number of rotatable bonds is 0. The fourth-order valence-corrected chi connectivity index (χ4v) is 0.972. The summed E-state index contributed by atoms with van der Waals surface area (Å²) in [6, 6.07) is 0. The predicted molar refractivity (Wildman–Crippen MR) is 41.8 cm³/mol. The Morgan fingerprint density at radius 2 is 2.17 bits per heavy atom. The van der Waals surface area contributed by atoms with Crippen LogP contribution in [0, 0.1) is 6.92 Å². The van der Waals surface area contributed by atoms with Crippen LogP contribution in [0.5, 0.6) is 0 Å². The molecule has 12 heavy (non-hydrogen) atoms. The summed E-state index contributed by atoms with van der Waals surface area (Å²) >= 11 is 0. The highest BCUT2D eigenvalue weighted by molar-refractivity contribution is 5.42. The van der Waals surface area contributed by atoms with Gasteiger partial charge in [0.15, 0.2) is 5.65 Å². The number of hydrogen-bond acceptors (Lipinski definition) is 4. The molecule has 2 rings (SSSR count). The van der Waals surface area contributed by atoms with Crippen LogP contribution in [-0.4, -0.2) is 19.6 Å². The zero-order valence-corrected chi connectivity index (χ0v) is 6.43. The topological polar surface area (TPSA) is 60.2 Å². The Bertz CT molecular complexity index is 476. The summed E-state index contributed by atoms with van der Waals surface area (Å²) in [5.74, 6) is 0. The fraction of sp³-hybridized carbons (Fsp3) is 0.143. The van der Waals surface area contributed by atoms with Crippen LogP contribution in [0.1, 0.15) is 5.56 Å². The van der Waals surface area contributed by atoms with Gasteiger partial charge in [0.2, 0.25) is 0 Å². The van der Waals surface area contributed by atoms with Crippen molar-refractivity contribution < 1.29 is 0 Å². The lowest BCUT2D eigenvalue weighted by atomic mass is 10.4. The van der Waals surface area contributed by atoms with Gasteiger partial charge in [-0.25, -0.2) is 9.50 Å². The van der Waals surface area contributed by atoms with E-state index < -0.39 is 0 Å². The molecular formula is C7H6N4O. The van der Waals surface area contributed by atoms with Gasteiger partial charge in [-0.05, 0) is 6.92 Å². The van der Waals surface area contributed by atoms with Crippen molar-refractivity contribution in [3.8, 4) is 0 Å². The second kappa shape index (κ2) is 2.37. The molecule has 0 aromatic carbocycles. The van der Waals surface area contributed by atoms with Crippen LogP contribution in [0.2, 0.25) is 0 Å². The van der Waals surface area contributed by atoms with Crippen LogP contribution >= 0.6 is 0 Å². The van der Waals surface area contributed by atoms with Crippen LogP contribution in [0.15, 0.2) is 23.5 Å². The van der Waals surface area contributed by atoms with E-state index in [4.69, 9.17) is 0 Å². The number of aryl methyl sites for hydroxylation is 1. The molecule has 0 atom stereocenters. The Morgan fingerprint density at radius 1 is 1.33 bits per heavy atom. The molecule has 0 aliphatic heterocycles. The van der Waals surface area contributed by atoms with Crippen LogP contribution in [0.4, 0.5) is 0 Å². The van der Waals surface area contributed by atoms with Crippen molar-refractivity contribution in [3.05, 3.63) is 34.6 Å². The molecule has 0 radical (unpaired) electrons. The number of fused-ring (bicyclic) bond motifs is 1. The van der Waals surface area contributed by atoms with Crippen molar-refractivity contribution >= 4 is 5.65 Å². The van der Waals surface area contributed by atoms with E-state index in [0.717, 1.165) is 0 Å². The third kappa shape index (κ3) is 0.868. The average Bonchev–Trinajstić information content (AvgIpc) is 2.12. The SMILES string of the molecule is Cc1c(=O)ncn2nccnc12. The van der Waals surface area contributed by atoms with Crippen LogP contribution in [-0.2, 0) is 0 Å². The molecule has 0 amide bonds. The van der Waals surface area contributed by atoms with Gasteiger partial charge in [0.1, 0.15) is 6.33 Å². The molecule has 0 N–H and O–H groups in total.